The summed E-state index contributed by atoms with van der Waals surface area (Å²) in [5.41, 5.74) is 0.316. The number of hydrogen-bond donors (Lipinski definition) is 1. The third kappa shape index (κ3) is 4.56. The van der Waals surface area contributed by atoms with Crippen LogP contribution in [0.2, 0.25) is 0 Å². The zero-order valence-corrected chi connectivity index (χ0v) is 12.3. The highest BCUT2D eigenvalue weighted by molar-refractivity contribution is 5.80. The zero-order valence-electron chi connectivity index (χ0n) is 12.3. The minimum absolute atomic E-state index is 0.158. The molecule has 0 aromatic heterocycles. The second-order valence-corrected chi connectivity index (χ2v) is 5.22. The second kappa shape index (κ2) is 6.57. The molecule has 0 aliphatic carbocycles. The number of nitrogens with one attached hydrogen (secondary N) is 1. The molecular weight excluding hydrogens is 242 g/mol. The summed E-state index contributed by atoms with van der Waals surface area (Å²) in [6, 6.07) is 7.89. The minimum Gasteiger partial charge on any atom is -0.491 e. The molecule has 0 spiro atoms. The summed E-state index contributed by atoms with van der Waals surface area (Å²) >= 11 is 0. The third-order valence-electron chi connectivity index (χ3n) is 2.79. The number of hydrogen-bond acceptors (Lipinski definition) is 4. The number of esters is 1. The molecule has 0 fully saturated rings. The Morgan fingerprint density at radius 1 is 1.32 bits per heavy atom. The number of ether oxygens (including phenoxy) is 2. The van der Waals surface area contributed by atoms with E-state index >= 15 is 0 Å². The van der Waals surface area contributed by atoms with Crippen molar-refractivity contribution in [2.45, 2.75) is 39.3 Å². The molecule has 0 radical (unpaired) electrons. The van der Waals surface area contributed by atoms with Crippen molar-refractivity contribution in [3.05, 3.63) is 29.8 Å². The topological polar surface area (TPSA) is 47.6 Å². The van der Waals surface area contributed by atoms with E-state index in [9.17, 15) is 4.79 Å². The maximum absolute atomic E-state index is 11.9. The molecule has 1 rings (SSSR count). The van der Waals surface area contributed by atoms with Crippen molar-refractivity contribution in [3.63, 3.8) is 0 Å². The van der Waals surface area contributed by atoms with Crippen LogP contribution in [0.1, 0.15) is 26.3 Å². The van der Waals surface area contributed by atoms with Crippen LogP contribution in [0.4, 0.5) is 0 Å². The Labute approximate surface area is 115 Å². The van der Waals surface area contributed by atoms with Crippen LogP contribution in [0, 0.1) is 6.92 Å². The lowest BCUT2D eigenvalue weighted by Crippen LogP contribution is -2.56. The van der Waals surface area contributed by atoms with Crippen LogP contribution >= 0.6 is 0 Å². The quantitative estimate of drug-likeness (QED) is 0.802. The molecule has 4 heteroatoms. The van der Waals surface area contributed by atoms with E-state index in [1.54, 1.807) is 6.92 Å². The number of benzene rings is 1. The minimum atomic E-state index is -0.853. The van der Waals surface area contributed by atoms with Gasteiger partial charge in [-0.3, -0.25) is 5.32 Å². The lowest BCUT2D eigenvalue weighted by atomic mass is 10.0. The first-order valence-electron chi connectivity index (χ1n) is 6.43. The number of carbonyl (C=O) groups is 1. The molecule has 19 heavy (non-hydrogen) atoms. The van der Waals surface area contributed by atoms with Crippen molar-refractivity contribution < 1.29 is 14.3 Å². The largest absolute Gasteiger partial charge is 0.491 e. The van der Waals surface area contributed by atoms with Gasteiger partial charge in [0.2, 0.25) is 0 Å². The highest BCUT2D eigenvalue weighted by Gasteiger charge is 2.35. The first-order chi connectivity index (χ1) is 8.87. The molecule has 1 aromatic rings. The van der Waals surface area contributed by atoms with E-state index in [2.05, 4.69) is 5.32 Å². The first kappa shape index (κ1) is 15.5. The van der Waals surface area contributed by atoms with Gasteiger partial charge >= 0.3 is 5.97 Å². The van der Waals surface area contributed by atoms with Gasteiger partial charge in [-0.2, -0.15) is 0 Å². The molecule has 0 saturated heterocycles. The highest BCUT2D eigenvalue weighted by Crippen LogP contribution is 2.15. The Hall–Kier alpha value is -1.55. The summed E-state index contributed by atoms with van der Waals surface area (Å²) in [5, 5.41) is 3.19. The van der Waals surface area contributed by atoms with Gasteiger partial charge in [-0.1, -0.05) is 17.7 Å². The van der Waals surface area contributed by atoms with Crippen LogP contribution in [-0.2, 0) is 9.53 Å². The van der Waals surface area contributed by atoms with Crippen LogP contribution < -0.4 is 10.1 Å². The number of rotatable bonds is 6. The average molecular weight is 265 g/mol. The normalized spacial score (nSPS) is 14.0. The average Bonchev–Trinajstić information content (AvgIpc) is 2.36. The zero-order chi connectivity index (χ0) is 14.5. The number of methoxy groups -OCH3 is 1. The van der Waals surface area contributed by atoms with Gasteiger partial charge in [0.15, 0.2) is 0 Å². The summed E-state index contributed by atoms with van der Waals surface area (Å²) in [4.78, 5) is 11.9. The van der Waals surface area contributed by atoms with Gasteiger partial charge < -0.3 is 9.47 Å². The molecule has 106 valence electrons. The molecule has 1 N–H and O–H groups in total. The van der Waals surface area contributed by atoms with Crippen LogP contribution in [-0.4, -0.2) is 31.3 Å². The molecule has 0 saturated carbocycles. The predicted molar refractivity (Wildman–Crippen MR) is 75.4 cm³/mol. The molecular formula is C15H23NO3. The number of carbonyl (C=O) groups excluding carboxylic acids is 1. The highest BCUT2D eigenvalue weighted by atomic mass is 16.5. The summed E-state index contributed by atoms with van der Waals surface area (Å²) < 4.78 is 10.5. The van der Waals surface area contributed by atoms with E-state index in [1.807, 2.05) is 45.0 Å². The van der Waals surface area contributed by atoms with Crippen molar-refractivity contribution in [1.29, 1.82) is 0 Å². The predicted octanol–water partition coefficient (Wildman–Crippen LogP) is 2.30. The molecule has 0 heterocycles. The van der Waals surface area contributed by atoms with E-state index in [-0.39, 0.29) is 18.6 Å². The maximum atomic E-state index is 11.9. The fourth-order valence-corrected chi connectivity index (χ4v) is 1.88. The maximum Gasteiger partial charge on any atom is 0.329 e. The van der Waals surface area contributed by atoms with Crippen LogP contribution in [0.5, 0.6) is 5.75 Å². The van der Waals surface area contributed by atoms with Crippen LogP contribution in [0.25, 0.3) is 0 Å². The van der Waals surface area contributed by atoms with Gasteiger partial charge in [0.25, 0.3) is 0 Å². The third-order valence-corrected chi connectivity index (χ3v) is 2.79. The second-order valence-electron chi connectivity index (χ2n) is 5.22. The molecule has 4 nitrogen and oxygen atoms in total. The molecule has 0 aliphatic rings. The standard InChI is InChI=1S/C15H23NO3/c1-11(2)16-15(4,14(17)18-5)10-19-13-8-6-12(3)7-9-13/h6-9,11,16H,10H2,1-5H3. The monoisotopic (exact) mass is 265 g/mol. The van der Waals surface area contributed by atoms with Gasteiger partial charge in [-0.05, 0) is 39.8 Å². The van der Waals surface area contributed by atoms with Gasteiger partial charge in [0, 0.05) is 6.04 Å². The van der Waals surface area contributed by atoms with Gasteiger partial charge in [0.1, 0.15) is 17.9 Å². The van der Waals surface area contributed by atoms with Gasteiger partial charge in [-0.15, -0.1) is 0 Å². The fourth-order valence-electron chi connectivity index (χ4n) is 1.88. The van der Waals surface area contributed by atoms with Gasteiger partial charge in [0.05, 0.1) is 7.11 Å². The van der Waals surface area contributed by atoms with E-state index in [0.717, 1.165) is 5.75 Å². The lowest BCUT2D eigenvalue weighted by Gasteiger charge is -2.30. The molecule has 0 bridgehead atoms. The summed E-state index contributed by atoms with van der Waals surface area (Å²) in [7, 11) is 1.38. The van der Waals surface area contributed by atoms with E-state index in [0.29, 0.717) is 0 Å². The Bertz CT molecular complexity index is 414. The lowest BCUT2D eigenvalue weighted by molar-refractivity contribution is -0.149. The Kier molecular flexibility index (Phi) is 5.36. The smallest absolute Gasteiger partial charge is 0.329 e. The molecule has 1 atom stereocenters. The van der Waals surface area contributed by atoms with Crippen molar-refractivity contribution >= 4 is 5.97 Å². The van der Waals surface area contributed by atoms with E-state index in [4.69, 9.17) is 9.47 Å². The fraction of sp³-hybridized carbons (Fsp3) is 0.533. The van der Waals surface area contributed by atoms with Crippen LogP contribution in [0.3, 0.4) is 0 Å². The number of aryl methyl sites for hydroxylation is 1. The van der Waals surface area contributed by atoms with Gasteiger partial charge in [-0.25, -0.2) is 4.79 Å². The Morgan fingerprint density at radius 2 is 1.89 bits per heavy atom. The van der Waals surface area contributed by atoms with E-state index in [1.165, 1.54) is 12.7 Å². The summed E-state index contributed by atoms with van der Waals surface area (Å²) in [5.74, 6) is 0.416. The van der Waals surface area contributed by atoms with Crippen molar-refractivity contribution in [1.82, 2.24) is 5.32 Å². The Balaban J connectivity index is 2.72. The molecule has 0 aliphatic heterocycles. The first-order valence-corrected chi connectivity index (χ1v) is 6.43. The van der Waals surface area contributed by atoms with Crippen molar-refractivity contribution in [3.8, 4) is 5.75 Å². The summed E-state index contributed by atoms with van der Waals surface area (Å²) in [6.07, 6.45) is 0. The van der Waals surface area contributed by atoms with E-state index < -0.39 is 5.54 Å². The Morgan fingerprint density at radius 3 is 2.37 bits per heavy atom. The molecule has 1 aromatic carbocycles. The van der Waals surface area contributed by atoms with Crippen molar-refractivity contribution in [2.24, 2.45) is 0 Å². The molecule has 1 unspecified atom stereocenters. The van der Waals surface area contributed by atoms with Crippen LogP contribution in [0.15, 0.2) is 24.3 Å². The van der Waals surface area contributed by atoms with Crippen molar-refractivity contribution in [2.75, 3.05) is 13.7 Å². The summed E-state index contributed by atoms with van der Waals surface area (Å²) in [6.45, 7) is 7.98. The SMILES string of the molecule is COC(=O)C(C)(COc1ccc(C)cc1)NC(C)C. The molecule has 0 amide bonds.